The maximum Gasteiger partial charge on any atom is 0.255 e. The van der Waals surface area contributed by atoms with Crippen molar-refractivity contribution >= 4 is 11.7 Å². The Kier molecular flexibility index (Phi) is 6.57. The first kappa shape index (κ1) is 20.2. The predicted octanol–water partition coefficient (Wildman–Crippen LogP) is 3.67. The highest BCUT2D eigenvalue weighted by Crippen LogP contribution is 2.23. The molecule has 3 rings (SSSR count). The number of aromatic nitrogens is 1. The Morgan fingerprint density at radius 2 is 1.93 bits per heavy atom. The Balaban J connectivity index is 1.67. The van der Waals surface area contributed by atoms with Crippen LogP contribution < -0.4 is 5.73 Å². The number of carbonyl (C=O) groups excluding carboxylic acids is 2. The summed E-state index contributed by atoms with van der Waals surface area (Å²) in [6.07, 6.45) is 3.98. The number of Topliss-reactive ketones (excluding diaryl/α,β-unsaturated/α-hetero) is 1. The van der Waals surface area contributed by atoms with Gasteiger partial charge in [-0.05, 0) is 36.5 Å². The van der Waals surface area contributed by atoms with Gasteiger partial charge < -0.3 is 10.6 Å². The van der Waals surface area contributed by atoms with Crippen molar-refractivity contribution < 1.29 is 9.59 Å². The lowest BCUT2D eigenvalue weighted by molar-refractivity contribution is -0.124. The van der Waals surface area contributed by atoms with Gasteiger partial charge in [0.1, 0.15) is 5.78 Å². The van der Waals surface area contributed by atoms with Gasteiger partial charge in [-0.2, -0.15) is 0 Å². The van der Waals surface area contributed by atoms with Crippen LogP contribution in [0.5, 0.6) is 0 Å². The van der Waals surface area contributed by atoms with Gasteiger partial charge in [-0.25, -0.2) is 0 Å². The Bertz CT molecular complexity index is 813. The molecular weight excluding hydrogens is 350 g/mol. The Labute approximate surface area is 167 Å². The lowest BCUT2D eigenvalue weighted by Gasteiger charge is -2.32. The summed E-state index contributed by atoms with van der Waals surface area (Å²) in [5.41, 5.74) is 9.09. The van der Waals surface area contributed by atoms with E-state index in [1.807, 2.05) is 36.4 Å². The van der Waals surface area contributed by atoms with Crippen molar-refractivity contribution in [3.8, 4) is 11.3 Å². The lowest BCUT2D eigenvalue weighted by Crippen LogP contribution is -2.42. The van der Waals surface area contributed by atoms with Gasteiger partial charge >= 0.3 is 0 Å². The first-order valence-corrected chi connectivity index (χ1v) is 10.1. The highest BCUT2D eigenvalue weighted by molar-refractivity contribution is 5.94. The monoisotopic (exact) mass is 379 g/mol. The number of amides is 1. The van der Waals surface area contributed by atoms with Crippen molar-refractivity contribution in [3.63, 3.8) is 0 Å². The molecule has 2 heterocycles. The first-order chi connectivity index (χ1) is 13.5. The van der Waals surface area contributed by atoms with Crippen molar-refractivity contribution in [2.24, 2.45) is 17.6 Å². The highest BCUT2D eigenvalue weighted by atomic mass is 16.2. The zero-order chi connectivity index (χ0) is 20.1. The molecule has 0 spiro atoms. The van der Waals surface area contributed by atoms with Gasteiger partial charge in [0.25, 0.3) is 5.91 Å². The molecule has 0 radical (unpaired) electrons. The predicted molar refractivity (Wildman–Crippen MR) is 111 cm³/mol. The minimum Gasteiger partial charge on any atom is -0.338 e. The fourth-order valence-corrected chi connectivity index (χ4v) is 3.68. The summed E-state index contributed by atoms with van der Waals surface area (Å²) in [5, 5.41) is 0. The molecule has 148 valence electrons. The van der Waals surface area contributed by atoms with Gasteiger partial charge in [-0.15, -0.1) is 0 Å². The first-order valence-electron chi connectivity index (χ1n) is 10.1. The number of carbonyl (C=O) groups is 2. The fourth-order valence-electron chi connectivity index (χ4n) is 3.68. The standard InChI is InChI=1S/C23H29N3O2/c1-16(2)12-22(27)20-4-3-11-26(15-20)23(28)19-9-10-21(25-14-19)18-7-5-17(13-24)6-8-18/h5-10,14,16,20H,3-4,11-13,15,24H2,1-2H3/t20-/m1/s1. The molecule has 0 unspecified atom stereocenters. The Morgan fingerprint density at radius 1 is 1.18 bits per heavy atom. The number of pyridine rings is 1. The van der Waals surface area contributed by atoms with E-state index in [1.54, 1.807) is 11.1 Å². The van der Waals surface area contributed by atoms with E-state index < -0.39 is 0 Å². The van der Waals surface area contributed by atoms with Crippen LogP contribution in [0.25, 0.3) is 11.3 Å². The van der Waals surface area contributed by atoms with Crippen molar-refractivity contribution in [2.45, 2.75) is 39.7 Å². The number of benzene rings is 1. The van der Waals surface area contributed by atoms with Crippen molar-refractivity contribution in [2.75, 3.05) is 13.1 Å². The average molecular weight is 380 g/mol. The van der Waals surface area contributed by atoms with Crippen LogP contribution in [0.2, 0.25) is 0 Å². The molecular formula is C23H29N3O2. The van der Waals surface area contributed by atoms with Gasteiger partial charge in [-0.1, -0.05) is 38.1 Å². The van der Waals surface area contributed by atoms with Crippen LogP contribution in [-0.4, -0.2) is 34.7 Å². The molecule has 5 nitrogen and oxygen atoms in total. The van der Waals surface area contributed by atoms with Crippen molar-refractivity contribution in [1.82, 2.24) is 9.88 Å². The van der Waals surface area contributed by atoms with E-state index >= 15 is 0 Å². The number of rotatable bonds is 6. The zero-order valence-corrected chi connectivity index (χ0v) is 16.7. The Hall–Kier alpha value is -2.53. The minimum atomic E-state index is -0.0421. The number of likely N-dealkylation sites (tertiary alicyclic amines) is 1. The second kappa shape index (κ2) is 9.11. The summed E-state index contributed by atoms with van der Waals surface area (Å²) in [6, 6.07) is 11.6. The quantitative estimate of drug-likeness (QED) is 0.831. The van der Waals surface area contributed by atoms with Gasteiger partial charge in [0, 0.05) is 43.7 Å². The maximum atomic E-state index is 12.9. The number of ketones is 1. The largest absolute Gasteiger partial charge is 0.338 e. The molecule has 1 aromatic carbocycles. The van der Waals surface area contributed by atoms with E-state index in [-0.39, 0.29) is 17.6 Å². The number of hydrogen-bond donors (Lipinski definition) is 1. The van der Waals surface area contributed by atoms with Gasteiger partial charge in [-0.3, -0.25) is 14.6 Å². The van der Waals surface area contributed by atoms with E-state index in [0.29, 0.717) is 37.5 Å². The van der Waals surface area contributed by atoms with E-state index in [2.05, 4.69) is 18.8 Å². The molecule has 0 aliphatic carbocycles. The smallest absolute Gasteiger partial charge is 0.255 e. The fraction of sp³-hybridized carbons (Fsp3) is 0.435. The SMILES string of the molecule is CC(C)CC(=O)[C@@H]1CCCN(C(=O)c2ccc(-c3ccc(CN)cc3)nc2)C1. The third-order valence-corrected chi connectivity index (χ3v) is 5.27. The minimum absolute atomic E-state index is 0.0339. The summed E-state index contributed by atoms with van der Waals surface area (Å²) in [5.74, 6) is 0.559. The second-order valence-electron chi connectivity index (χ2n) is 7.99. The molecule has 2 N–H and O–H groups in total. The van der Waals surface area contributed by atoms with Crippen LogP contribution in [0.15, 0.2) is 42.6 Å². The normalized spacial score (nSPS) is 17.0. The topological polar surface area (TPSA) is 76.3 Å². The average Bonchev–Trinajstić information content (AvgIpc) is 2.73. The molecule has 5 heteroatoms. The van der Waals surface area contributed by atoms with Crippen LogP contribution in [0, 0.1) is 11.8 Å². The van der Waals surface area contributed by atoms with Crippen LogP contribution >= 0.6 is 0 Å². The van der Waals surface area contributed by atoms with E-state index in [0.717, 1.165) is 29.7 Å². The number of nitrogens with zero attached hydrogens (tertiary/aromatic N) is 2. The van der Waals surface area contributed by atoms with E-state index in [1.165, 1.54) is 0 Å². The summed E-state index contributed by atoms with van der Waals surface area (Å²) in [4.78, 5) is 31.6. The molecule has 0 saturated carbocycles. The highest BCUT2D eigenvalue weighted by Gasteiger charge is 2.29. The molecule has 2 aromatic rings. The molecule has 1 atom stereocenters. The van der Waals surface area contributed by atoms with Crippen LogP contribution in [-0.2, 0) is 11.3 Å². The van der Waals surface area contributed by atoms with Crippen LogP contribution in [0.3, 0.4) is 0 Å². The molecule has 1 fully saturated rings. The van der Waals surface area contributed by atoms with Gasteiger partial charge in [0.15, 0.2) is 0 Å². The number of hydrogen-bond acceptors (Lipinski definition) is 4. The number of piperidine rings is 1. The zero-order valence-electron chi connectivity index (χ0n) is 16.7. The van der Waals surface area contributed by atoms with Gasteiger partial charge in [0.2, 0.25) is 0 Å². The van der Waals surface area contributed by atoms with E-state index in [9.17, 15) is 9.59 Å². The second-order valence-corrected chi connectivity index (χ2v) is 7.99. The summed E-state index contributed by atoms with van der Waals surface area (Å²) < 4.78 is 0. The van der Waals surface area contributed by atoms with Crippen molar-refractivity contribution in [1.29, 1.82) is 0 Å². The van der Waals surface area contributed by atoms with Crippen LogP contribution in [0.1, 0.15) is 49.0 Å². The summed E-state index contributed by atoms with van der Waals surface area (Å²) in [7, 11) is 0. The molecule has 1 amide bonds. The molecule has 28 heavy (non-hydrogen) atoms. The molecule has 1 saturated heterocycles. The van der Waals surface area contributed by atoms with Crippen molar-refractivity contribution in [3.05, 3.63) is 53.7 Å². The molecule has 1 aliphatic rings. The third kappa shape index (κ3) is 4.84. The third-order valence-electron chi connectivity index (χ3n) is 5.27. The van der Waals surface area contributed by atoms with Gasteiger partial charge in [0.05, 0.1) is 11.3 Å². The summed E-state index contributed by atoms with van der Waals surface area (Å²) >= 11 is 0. The lowest BCUT2D eigenvalue weighted by atomic mass is 9.89. The molecule has 1 aromatic heterocycles. The van der Waals surface area contributed by atoms with Crippen LogP contribution in [0.4, 0.5) is 0 Å². The van der Waals surface area contributed by atoms with E-state index in [4.69, 9.17) is 5.73 Å². The number of nitrogens with two attached hydrogens (primary N) is 1. The Morgan fingerprint density at radius 3 is 2.54 bits per heavy atom. The maximum absolute atomic E-state index is 12.9. The molecule has 0 bridgehead atoms. The summed E-state index contributed by atoms with van der Waals surface area (Å²) in [6.45, 7) is 5.85. The molecule has 1 aliphatic heterocycles.